The number of rotatable bonds is 0. The Morgan fingerprint density at radius 3 is 1.14 bits per heavy atom. The molecule has 39 valence electrons. The van der Waals surface area contributed by atoms with Crippen LogP contribution in [0.25, 0.3) is 0 Å². The summed E-state index contributed by atoms with van der Waals surface area (Å²) in [5, 5.41) is 0. The van der Waals surface area contributed by atoms with Crippen LogP contribution < -0.4 is 0 Å². The van der Waals surface area contributed by atoms with Gasteiger partial charge in [0.2, 0.25) is 0 Å². The molecule has 2 heteroatoms. The van der Waals surface area contributed by atoms with E-state index in [1.165, 1.54) is 0 Å². The van der Waals surface area contributed by atoms with Gasteiger partial charge in [0.1, 0.15) is 0 Å². The molecular weight excluding hydrogens is 170 g/mol. The minimum absolute atomic E-state index is 0. The average Bonchev–Trinajstić information content (AvgIpc) is 1.76. The zero-order chi connectivity index (χ0) is 3.54. The summed E-state index contributed by atoms with van der Waals surface area (Å²) >= 11 is 0. The molecule has 3 radical (unpaired) electrons. The summed E-state index contributed by atoms with van der Waals surface area (Å²) in [5.74, 6) is 0. The fraction of sp³-hybridized carbons (Fsp3) is 0. The SMILES string of the molecule is [CH]1C=CC=C1.[Mn].[Mn]. The van der Waals surface area contributed by atoms with Gasteiger partial charge in [0, 0.05) is 40.6 Å². The van der Waals surface area contributed by atoms with E-state index in [9.17, 15) is 0 Å². The molecular formula is C5H5Mn2. The molecule has 0 atom stereocenters. The molecule has 7 heavy (non-hydrogen) atoms. The Morgan fingerprint density at radius 1 is 0.571 bits per heavy atom. The Bertz CT molecular complexity index is 64.1. The van der Waals surface area contributed by atoms with Crippen LogP contribution in [0.1, 0.15) is 0 Å². The molecule has 0 aromatic carbocycles. The maximum absolute atomic E-state index is 2.00. The zero-order valence-corrected chi connectivity index (χ0v) is 6.00. The van der Waals surface area contributed by atoms with E-state index in [0.29, 0.717) is 0 Å². The normalized spacial score (nSPS) is 12.6. The van der Waals surface area contributed by atoms with Gasteiger partial charge in [-0.15, -0.1) is 0 Å². The van der Waals surface area contributed by atoms with E-state index >= 15 is 0 Å². The Labute approximate surface area is 65.0 Å². The van der Waals surface area contributed by atoms with Crippen LogP contribution in [0, 0.1) is 6.42 Å². The third-order valence-corrected chi connectivity index (χ3v) is 0.556. The van der Waals surface area contributed by atoms with Crippen molar-refractivity contribution in [2.75, 3.05) is 0 Å². The van der Waals surface area contributed by atoms with Gasteiger partial charge >= 0.3 is 0 Å². The van der Waals surface area contributed by atoms with Crippen LogP contribution in [-0.2, 0) is 34.1 Å². The molecule has 0 heterocycles. The van der Waals surface area contributed by atoms with Gasteiger partial charge < -0.3 is 0 Å². The van der Waals surface area contributed by atoms with Crippen LogP contribution in [0.3, 0.4) is 0 Å². The van der Waals surface area contributed by atoms with Crippen molar-refractivity contribution in [3.05, 3.63) is 30.7 Å². The van der Waals surface area contributed by atoms with Crippen molar-refractivity contribution in [3.8, 4) is 0 Å². The Hall–Kier alpha value is 0.519. The topological polar surface area (TPSA) is 0 Å². The van der Waals surface area contributed by atoms with E-state index in [0.717, 1.165) is 0 Å². The summed E-state index contributed by atoms with van der Waals surface area (Å²) in [6.07, 6.45) is 10.0. The van der Waals surface area contributed by atoms with Gasteiger partial charge in [-0.1, -0.05) is 24.3 Å². The summed E-state index contributed by atoms with van der Waals surface area (Å²) in [6.45, 7) is 0. The van der Waals surface area contributed by atoms with Gasteiger partial charge in [0.05, 0.1) is 0 Å². The predicted molar refractivity (Wildman–Crippen MR) is 22.6 cm³/mol. The molecule has 1 aliphatic rings. The number of hydrogen-bond acceptors (Lipinski definition) is 0. The van der Waals surface area contributed by atoms with E-state index in [2.05, 4.69) is 0 Å². The molecule has 0 aromatic heterocycles. The van der Waals surface area contributed by atoms with Gasteiger partial charge in [0.15, 0.2) is 0 Å². The molecule has 0 N–H and O–H groups in total. The van der Waals surface area contributed by atoms with E-state index < -0.39 is 0 Å². The first-order valence-corrected chi connectivity index (χ1v) is 1.67. The van der Waals surface area contributed by atoms with Crippen LogP contribution in [0.15, 0.2) is 24.3 Å². The molecule has 0 saturated carbocycles. The largest absolute Gasteiger partial charge is 0.0767 e. The first kappa shape index (κ1) is 10.5. The Balaban J connectivity index is 0. The Morgan fingerprint density at radius 2 is 1.00 bits per heavy atom. The minimum Gasteiger partial charge on any atom is -0.0767 e. The van der Waals surface area contributed by atoms with E-state index in [-0.39, 0.29) is 34.1 Å². The molecule has 1 aliphatic carbocycles. The third kappa shape index (κ3) is 4.37. The van der Waals surface area contributed by atoms with Crippen LogP contribution in [-0.4, -0.2) is 0 Å². The second kappa shape index (κ2) is 6.52. The molecule has 0 aliphatic heterocycles. The maximum atomic E-state index is 2.00. The Kier molecular flexibility index (Phi) is 9.77. The smallest absolute Gasteiger partial charge is 0.00506 e. The molecule has 0 nitrogen and oxygen atoms in total. The second-order valence-corrected chi connectivity index (χ2v) is 0.962. The summed E-state index contributed by atoms with van der Waals surface area (Å²) < 4.78 is 0. The fourth-order valence-corrected chi connectivity index (χ4v) is 0.321. The van der Waals surface area contributed by atoms with E-state index in [1.807, 2.05) is 30.7 Å². The van der Waals surface area contributed by atoms with Crippen molar-refractivity contribution < 1.29 is 34.1 Å². The van der Waals surface area contributed by atoms with Crippen LogP contribution in [0.4, 0.5) is 0 Å². The maximum Gasteiger partial charge on any atom is 0.00506 e. The summed E-state index contributed by atoms with van der Waals surface area (Å²) in [7, 11) is 0. The second-order valence-electron chi connectivity index (χ2n) is 0.962. The summed E-state index contributed by atoms with van der Waals surface area (Å²) in [5.41, 5.74) is 0. The molecule has 0 spiro atoms. The molecule has 1 rings (SSSR count). The van der Waals surface area contributed by atoms with Gasteiger partial charge in [-0.2, -0.15) is 0 Å². The first-order valence-electron chi connectivity index (χ1n) is 1.67. The monoisotopic (exact) mass is 175 g/mol. The van der Waals surface area contributed by atoms with E-state index in [4.69, 9.17) is 0 Å². The van der Waals surface area contributed by atoms with Gasteiger partial charge in [-0.05, 0) is 0 Å². The van der Waals surface area contributed by atoms with Gasteiger partial charge in [-0.25, -0.2) is 0 Å². The predicted octanol–water partition coefficient (Wildman–Crippen LogP) is 1.31. The zero-order valence-electron chi connectivity index (χ0n) is 3.64. The van der Waals surface area contributed by atoms with Crippen molar-refractivity contribution in [3.63, 3.8) is 0 Å². The standard InChI is InChI=1S/C5H5.2Mn/c1-2-4-5-3-1;;/h1-5H;;. The number of hydrogen-bond donors (Lipinski definition) is 0. The van der Waals surface area contributed by atoms with Gasteiger partial charge in [0.25, 0.3) is 0 Å². The first-order chi connectivity index (χ1) is 2.50. The van der Waals surface area contributed by atoms with Crippen LogP contribution >= 0.6 is 0 Å². The van der Waals surface area contributed by atoms with Crippen molar-refractivity contribution in [2.24, 2.45) is 0 Å². The molecule has 0 saturated heterocycles. The summed E-state index contributed by atoms with van der Waals surface area (Å²) in [6, 6.07) is 0. The van der Waals surface area contributed by atoms with Gasteiger partial charge in [-0.3, -0.25) is 0 Å². The van der Waals surface area contributed by atoms with E-state index in [1.54, 1.807) is 0 Å². The van der Waals surface area contributed by atoms with Crippen molar-refractivity contribution in [1.29, 1.82) is 0 Å². The van der Waals surface area contributed by atoms with Crippen LogP contribution in [0.5, 0.6) is 0 Å². The molecule has 0 aromatic rings. The molecule has 0 amide bonds. The van der Waals surface area contributed by atoms with Crippen molar-refractivity contribution in [1.82, 2.24) is 0 Å². The minimum atomic E-state index is 0. The molecule has 0 bridgehead atoms. The van der Waals surface area contributed by atoms with Crippen molar-refractivity contribution in [2.45, 2.75) is 0 Å². The van der Waals surface area contributed by atoms with Crippen molar-refractivity contribution >= 4 is 0 Å². The fourth-order valence-electron chi connectivity index (χ4n) is 0.321. The average molecular weight is 175 g/mol. The molecule has 0 fully saturated rings. The molecule has 0 unspecified atom stereocenters. The van der Waals surface area contributed by atoms with Crippen LogP contribution in [0.2, 0.25) is 0 Å². The third-order valence-electron chi connectivity index (χ3n) is 0.556. The quantitative estimate of drug-likeness (QED) is 0.487. The summed E-state index contributed by atoms with van der Waals surface area (Å²) in [4.78, 5) is 0. The number of allylic oxidation sites excluding steroid dienone is 4.